The van der Waals surface area contributed by atoms with E-state index in [0.29, 0.717) is 5.15 Å². The number of nitrogens with zero attached hydrogens (tertiary/aromatic N) is 2. The summed E-state index contributed by atoms with van der Waals surface area (Å²) in [5, 5.41) is 3.80. The Morgan fingerprint density at radius 3 is 2.65 bits per heavy atom. The van der Waals surface area contributed by atoms with Gasteiger partial charge in [-0.1, -0.05) is 48.9 Å². The minimum Gasteiger partial charge on any atom is -0.363 e. The van der Waals surface area contributed by atoms with Gasteiger partial charge in [0.2, 0.25) is 0 Å². The lowest BCUT2D eigenvalue weighted by Crippen LogP contribution is -2.10. The van der Waals surface area contributed by atoms with E-state index >= 15 is 0 Å². The predicted molar refractivity (Wildman–Crippen MR) is 70.1 cm³/mol. The van der Waals surface area contributed by atoms with Gasteiger partial charge in [0, 0.05) is 6.07 Å². The Labute approximate surface area is 106 Å². The van der Waals surface area contributed by atoms with Crippen LogP contribution in [-0.4, -0.2) is 9.97 Å². The van der Waals surface area contributed by atoms with Crippen LogP contribution in [0.1, 0.15) is 24.9 Å². The molecule has 1 heterocycles. The summed E-state index contributed by atoms with van der Waals surface area (Å²) in [7, 11) is 0. The van der Waals surface area contributed by atoms with Gasteiger partial charge >= 0.3 is 0 Å². The second kappa shape index (κ2) is 5.64. The summed E-state index contributed by atoms with van der Waals surface area (Å²) in [6.07, 6.45) is 2.44. The number of benzene rings is 1. The van der Waals surface area contributed by atoms with Gasteiger partial charge in [0.25, 0.3) is 0 Å². The number of aromatic nitrogens is 2. The van der Waals surface area contributed by atoms with Crippen LogP contribution < -0.4 is 5.32 Å². The van der Waals surface area contributed by atoms with E-state index in [4.69, 9.17) is 11.6 Å². The molecule has 0 aliphatic carbocycles. The van der Waals surface area contributed by atoms with Crippen LogP contribution in [0, 0.1) is 0 Å². The SMILES string of the molecule is CCC(Nc1cc(Cl)ncn1)c1ccccc1. The number of anilines is 1. The number of nitrogens with one attached hydrogen (secondary N) is 1. The van der Waals surface area contributed by atoms with Crippen molar-refractivity contribution in [2.45, 2.75) is 19.4 Å². The van der Waals surface area contributed by atoms with Gasteiger partial charge in [-0.2, -0.15) is 0 Å². The average molecular weight is 248 g/mol. The highest BCUT2D eigenvalue weighted by molar-refractivity contribution is 6.29. The normalized spacial score (nSPS) is 12.1. The lowest BCUT2D eigenvalue weighted by molar-refractivity contribution is 0.744. The summed E-state index contributed by atoms with van der Waals surface area (Å²) < 4.78 is 0. The van der Waals surface area contributed by atoms with E-state index in [0.717, 1.165) is 12.2 Å². The second-order valence-electron chi connectivity index (χ2n) is 3.74. The van der Waals surface area contributed by atoms with Crippen molar-refractivity contribution in [1.29, 1.82) is 0 Å². The molecule has 0 spiro atoms. The molecule has 4 heteroatoms. The van der Waals surface area contributed by atoms with Crippen molar-refractivity contribution in [2.75, 3.05) is 5.32 Å². The smallest absolute Gasteiger partial charge is 0.134 e. The van der Waals surface area contributed by atoms with Crippen molar-refractivity contribution in [3.8, 4) is 0 Å². The third-order valence-electron chi connectivity index (χ3n) is 2.57. The van der Waals surface area contributed by atoms with E-state index in [1.54, 1.807) is 6.07 Å². The monoisotopic (exact) mass is 247 g/mol. The standard InChI is InChI=1S/C13H14ClN3/c1-2-11(10-6-4-3-5-7-10)17-13-8-12(14)15-9-16-13/h3-9,11H,2H2,1H3,(H,15,16,17). The molecule has 1 aromatic heterocycles. The van der Waals surface area contributed by atoms with Crippen LogP contribution in [0.2, 0.25) is 5.15 Å². The zero-order chi connectivity index (χ0) is 12.1. The zero-order valence-electron chi connectivity index (χ0n) is 9.60. The van der Waals surface area contributed by atoms with Crippen molar-refractivity contribution in [3.63, 3.8) is 0 Å². The lowest BCUT2D eigenvalue weighted by atomic mass is 10.0. The number of halogens is 1. The van der Waals surface area contributed by atoms with Gasteiger partial charge < -0.3 is 5.32 Å². The molecule has 0 radical (unpaired) electrons. The summed E-state index contributed by atoms with van der Waals surface area (Å²) in [6.45, 7) is 2.13. The molecule has 0 saturated heterocycles. The van der Waals surface area contributed by atoms with Crippen LogP contribution in [0.3, 0.4) is 0 Å². The van der Waals surface area contributed by atoms with E-state index in [9.17, 15) is 0 Å². The van der Waals surface area contributed by atoms with Gasteiger partial charge in [-0.25, -0.2) is 9.97 Å². The van der Waals surface area contributed by atoms with Crippen molar-refractivity contribution in [1.82, 2.24) is 9.97 Å². The number of hydrogen-bond acceptors (Lipinski definition) is 3. The van der Waals surface area contributed by atoms with Crippen molar-refractivity contribution >= 4 is 17.4 Å². The average Bonchev–Trinajstić information content (AvgIpc) is 2.37. The van der Waals surface area contributed by atoms with Gasteiger partial charge in [0.15, 0.2) is 0 Å². The van der Waals surface area contributed by atoms with Crippen LogP contribution in [0.5, 0.6) is 0 Å². The van der Waals surface area contributed by atoms with Crippen molar-refractivity contribution in [2.24, 2.45) is 0 Å². The summed E-state index contributed by atoms with van der Waals surface area (Å²) in [6, 6.07) is 12.3. The molecule has 88 valence electrons. The first-order valence-corrected chi connectivity index (χ1v) is 5.96. The topological polar surface area (TPSA) is 37.8 Å². The third kappa shape index (κ3) is 3.17. The maximum Gasteiger partial charge on any atom is 0.134 e. The first-order valence-electron chi connectivity index (χ1n) is 5.58. The largest absolute Gasteiger partial charge is 0.363 e. The van der Waals surface area contributed by atoms with E-state index in [1.165, 1.54) is 11.9 Å². The molecule has 1 atom stereocenters. The fraction of sp³-hybridized carbons (Fsp3) is 0.231. The highest BCUT2D eigenvalue weighted by atomic mass is 35.5. The fourth-order valence-electron chi connectivity index (χ4n) is 1.70. The zero-order valence-corrected chi connectivity index (χ0v) is 10.4. The predicted octanol–water partition coefficient (Wildman–Crippen LogP) is 3.69. The minimum atomic E-state index is 0.238. The van der Waals surface area contributed by atoms with Gasteiger partial charge in [0.1, 0.15) is 17.3 Å². The van der Waals surface area contributed by atoms with E-state index in [1.807, 2.05) is 18.2 Å². The van der Waals surface area contributed by atoms with Gasteiger partial charge in [-0.15, -0.1) is 0 Å². The fourth-order valence-corrected chi connectivity index (χ4v) is 1.84. The molecule has 0 fully saturated rings. The summed E-state index contributed by atoms with van der Waals surface area (Å²) >= 11 is 5.83. The molecule has 0 aliphatic rings. The summed E-state index contributed by atoms with van der Waals surface area (Å²) in [4.78, 5) is 8.01. The molecule has 1 aromatic carbocycles. The van der Waals surface area contributed by atoms with Gasteiger partial charge in [0.05, 0.1) is 6.04 Å². The molecule has 17 heavy (non-hydrogen) atoms. The summed E-state index contributed by atoms with van der Waals surface area (Å²) in [5.74, 6) is 0.751. The van der Waals surface area contributed by atoms with Gasteiger partial charge in [-0.05, 0) is 12.0 Å². The highest BCUT2D eigenvalue weighted by Crippen LogP contribution is 2.21. The quantitative estimate of drug-likeness (QED) is 0.838. The molecule has 2 aromatic rings. The third-order valence-corrected chi connectivity index (χ3v) is 2.77. The molecule has 0 saturated carbocycles. The molecule has 0 aliphatic heterocycles. The first-order chi connectivity index (χ1) is 8.29. The Kier molecular flexibility index (Phi) is 3.94. The molecule has 0 amide bonds. The Hall–Kier alpha value is -1.61. The van der Waals surface area contributed by atoms with Gasteiger partial charge in [-0.3, -0.25) is 0 Å². The van der Waals surface area contributed by atoms with E-state index in [2.05, 4.69) is 34.3 Å². The highest BCUT2D eigenvalue weighted by Gasteiger charge is 2.09. The van der Waals surface area contributed by atoms with E-state index in [-0.39, 0.29) is 6.04 Å². The van der Waals surface area contributed by atoms with Crippen LogP contribution in [0.4, 0.5) is 5.82 Å². The lowest BCUT2D eigenvalue weighted by Gasteiger charge is -2.17. The second-order valence-corrected chi connectivity index (χ2v) is 4.13. The molecular weight excluding hydrogens is 234 g/mol. The molecule has 3 nitrogen and oxygen atoms in total. The first kappa shape index (κ1) is 11.9. The van der Waals surface area contributed by atoms with Crippen LogP contribution >= 0.6 is 11.6 Å². The maximum absolute atomic E-state index is 5.83. The molecule has 0 bridgehead atoms. The molecule has 2 rings (SSSR count). The molecule has 1 N–H and O–H groups in total. The number of hydrogen-bond donors (Lipinski definition) is 1. The molecular formula is C13H14ClN3. The van der Waals surface area contributed by atoms with Crippen LogP contribution in [-0.2, 0) is 0 Å². The minimum absolute atomic E-state index is 0.238. The summed E-state index contributed by atoms with van der Waals surface area (Å²) in [5.41, 5.74) is 1.24. The van der Waals surface area contributed by atoms with Crippen LogP contribution in [0.15, 0.2) is 42.7 Å². The Morgan fingerprint density at radius 1 is 1.24 bits per heavy atom. The maximum atomic E-state index is 5.83. The van der Waals surface area contributed by atoms with Crippen molar-refractivity contribution in [3.05, 3.63) is 53.4 Å². The number of rotatable bonds is 4. The van der Waals surface area contributed by atoms with Crippen LogP contribution in [0.25, 0.3) is 0 Å². The van der Waals surface area contributed by atoms with E-state index < -0.39 is 0 Å². The Bertz CT molecular complexity index is 473. The Balaban J connectivity index is 2.16. The van der Waals surface area contributed by atoms with Crippen molar-refractivity contribution < 1.29 is 0 Å². The Morgan fingerprint density at radius 2 is 2.00 bits per heavy atom. The molecule has 1 unspecified atom stereocenters.